The van der Waals surface area contributed by atoms with Crippen LogP contribution in [0.5, 0.6) is 0 Å². The van der Waals surface area contributed by atoms with Crippen LogP contribution in [-0.2, 0) is 4.74 Å². The Balaban J connectivity index is 2.30. The van der Waals surface area contributed by atoms with Crippen molar-refractivity contribution in [2.75, 3.05) is 13.2 Å². The van der Waals surface area contributed by atoms with Crippen LogP contribution < -0.4 is 11.3 Å². The van der Waals surface area contributed by atoms with Crippen LogP contribution in [0.25, 0.3) is 0 Å². The largest absolute Gasteiger partial charge is 0.381 e. The molecule has 2 unspecified atom stereocenters. The molecule has 2 atom stereocenters. The van der Waals surface area contributed by atoms with Crippen LogP contribution >= 0.6 is 0 Å². The summed E-state index contributed by atoms with van der Waals surface area (Å²) in [5.74, 6) is 12.1. The van der Waals surface area contributed by atoms with E-state index in [-0.39, 0.29) is 0 Å². The lowest BCUT2D eigenvalue weighted by Crippen LogP contribution is -2.43. The van der Waals surface area contributed by atoms with Gasteiger partial charge in [0.25, 0.3) is 0 Å². The fourth-order valence-corrected chi connectivity index (χ4v) is 1.89. The summed E-state index contributed by atoms with van der Waals surface area (Å²) < 4.78 is 5.44. The van der Waals surface area contributed by atoms with E-state index < -0.39 is 0 Å². The SMILES string of the molecule is CC#CCCC(NN)C1CCCOC1. The molecule has 0 spiro atoms. The highest BCUT2D eigenvalue weighted by molar-refractivity contribution is 4.96. The highest BCUT2D eigenvalue weighted by Gasteiger charge is 2.22. The molecule has 1 fully saturated rings. The second kappa shape index (κ2) is 6.83. The summed E-state index contributed by atoms with van der Waals surface area (Å²) in [6.07, 6.45) is 4.31. The van der Waals surface area contributed by atoms with Crippen molar-refractivity contribution in [2.45, 2.75) is 38.6 Å². The average Bonchev–Trinajstić information content (AvgIpc) is 2.26. The molecule has 0 radical (unpaired) electrons. The first kappa shape index (κ1) is 11.5. The van der Waals surface area contributed by atoms with Crippen LogP contribution in [0.3, 0.4) is 0 Å². The maximum Gasteiger partial charge on any atom is 0.0509 e. The van der Waals surface area contributed by atoms with Gasteiger partial charge in [-0.05, 0) is 32.1 Å². The van der Waals surface area contributed by atoms with Gasteiger partial charge in [0.15, 0.2) is 0 Å². The van der Waals surface area contributed by atoms with Crippen molar-refractivity contribution >= 4 is 0 Å². The molecule has 0 aromatic carbocycles. The summed E-state index contributed by atoms with van der Waals surface area (Å²) in [5.41, 5.74) is 2.88. The Morgan fingerprint density at radius 2 is 2.50 bits per heavy atom. The monoisotopic (exact) mass is 196 g/mol. The number of ether oxygens (including phenoxy) is 1. The van der Waals surface area contributed by atoms with Gasteiger partial charge < -0.3 is 4.74 Å². The topological polar surface area (TPSA) is 47.3 Å². The van der Waals surface area contributed by atoms with Crippen molar-refractivity contribution in [3.63, 3.8) is 0 Å². The van der Waals surface area contributed by atoms with Crippen LogP contribution in [0.15, 0.2) is 0 Å². The average molecular weight is 196 g/mol. The quantitative estimate of drug-likeness (QED) is 0.401. The Morgan fingerprint density at radius 3 is 3.07 bits per heavy atom. The zero-order chi connectivity index (χ0) is 10.2. The van der Waals surface area contributed by atoms with Gasteiger partial charge in [0.1, 0.15) is 0 Å². The van der Waals surface area contributed by atoms with E-state index in [0.29, 0.717) is 12.0 Å². The fraction of sp³-hybridized carbons (Fsp3) is 0.818. The van der Waals surface area contributed by atoms with E-state index in [1.54, 1.807) is 0 Å². The Kier molecular flexibility index (Phi) is 5.62. The van der Waals surface area contributed by atoms with Crippen molar-refractivity contribution in [1.29, 1.82) is 0 Å². The van der Waals surface area contributed by atoms with Gasteiger partial charge in [-0.3, -0.25) is 11.3 Å². The summed E-state index contributed by atoms with van der Waals surface area (Å²) >= 11 is 0. The summed E-state index contributed by atoms with van der Waals surface area (Å²) in [6, 6.07) is 0.358. The number of nitrogens with two attached hydrogens (primary N) is 1. The standard InChI is InChI=1S/C11H20N2O/c1-2-3-4-7-11(13-12)10-6-5-8-14-9-10/h10-11,13H,4-9,12H2,1H3. The van der Waals surface area contributed by atoms with Gasteiger partial charge >= 0.3 is 0 Å². The minimum Gasteiger partial charge on any atom is -0.381 e. The molecule has 1 aliphatic rings. The molecule has 0 amide bonds. The third kappa shape index (κ3) is 3.67. The van der Waals surface area contributed by atoms with Gasteiger partial charge in [-0.15, -0.1) is 11.8 Å². The zero-order valence-corrected chi connectivity index (χ0v) is 8.88. The second-order valence-electron chi connectivity index (χ2n) is 3.72. The lowest BCUT2D eigenvalue weighted by atomic mass is 9.91. The maximum absolute atomic E-state index is 5.53. The highest BCUT2D eigenvalue weighted by Crippen LogP contribution is 2.19. The van der Waals surface area contributed by atoms with E-state index in [1.807, 2.05) is 6.92 Å². The molecule has 3 N–H and O–H groups in total. The highest BCUT2D eigenvalue weighted by atomic mass is 16.5. The van der Waals surface area contributed by atoms with Crippen molar-refractivity contribution in [3.05, 3.63) is 0 Å². The van der Waals surface area contributed by atoms with E-state index in [9.17, 15) is 0 Å². The Bertz CT molecular complexity index is 201. The zero-order valence-electron chi connectivity index (χ0n) is 8.88. The van der Waals surface area contributed by atoms with Crippen molar-refractivity contribution < 1.29 is 4.74 Å². The van der Waals surface area contributed by atoms with Gasteiger partial charge in [0.2, 0.25) is 0 Å². The molecular formula is C11H20N2O. The molecule has 1 rings (SSSR count). The molecule has 14 heavy (non-hydrogen) atoms. The summed E-state index contributed by atoms with van der Waals surface area (Å²) in [6.45, 7) is 3.62. The lowest BCUT2D eigenvalue weighted by Gasteiger charge is -2.29. The number of hydrogen-bond acceptors (Lipinski definition) is 3. The molecule has 0 aromatic rings. The first-order valence-electron chi connectivity index (χ1n) is 5.32. The van der Waals surface area contributed by atoms with E-state index in [4.69, 9.17) is 10.6 Å². The third-order valence-corrected chi connectivity index (χ3v) is 2.74. The van der Waals surface area contributed by atoms with Gasteiger partial charge in [-0.25, -0.2) is 0 Å². The molecule has 80 valence electrons. The lowest BCUT2D eigenvalue weighted by molar-refractivity contribution is 0.0382. The van der Waals surface area contributed by atoms with E-state index in [2.05, 4.69) is 17.3 Å². The molecule has 1 saturated heterocycles. The van der Waals surface area contributed by atoms with Crippen LogP contribution in [0, 0.1) is 17.8 Å². The molecule has 0 saturated carbocycles. The first-order valence-corrected chi connectivity index (χ1v) is 5.32. The predicted octanol–water partition coefficient (Wildman–Crippen LogP) is 1.05. The normalized spacial score (nSPS) is 23.7. The van der Waals surface area contributed by atoms with Crippen LogP contribution in [0.1, 0.15) is 32.6 Å². The Morgan fingerprint density at radius 1 is 1.64 bits per heavy atom. The van der Waals surface area contributed by atoms with Gasteiger partial charge in [0, 0.05) is 19.1 Å². The third-order valence-electron chi connectivity index (χ3n) is 2.74. The predicted molar refractivity (Wildman–Crippen MR) is 57.3 cm³/mol. The molecular weight excluding hydrogens is 176 g/mol. The van der Waals surface area contributed by atoms with E-state index in [1.165, 1.54) is 6.42 Å². The van der Waals surface area contributed by atoms with Gasteiger partial charge in [0.05, 0.1) is 6.61 Å². The summed E-state index contributed by atoms with van der Waals surface area (Å²) in [5, 5.41) is 0. The molecule has 3 nitrogen and oxygen atoms in total. The molecule has 1 aliphatic heterocycles. The first-order chi connectivity index (χ1) is 6.88. The smallest absolute Gasteiger partial charge is 0.0509 e. The molecule has 0 aromatic heterocycles. The minimum atomic E-state index is 0.358. The van der Waals surface area contributed by atoms with E-state index in [0.717, 1.165) is 32.5 Å². The molecule has 0 aliphatic carbocycles. The minimum absolute atomic E-state index is 0.358. The number of rotatable bonds is 4. The van der Waals surface area contributed by atoms with Gasteiger partial charge in [-0.2, -0.15) is 0 Å². The van der Waals surface area contributed by atoms with Crippen LogP contribution in [0.2, 0.25) is 0 Å². The van der Waals surface area contributed by atoms with Crippen molar-refractivity contribution in [1.82, 2.24) is 5.43 Å². The second-order valence-corrected chi connectivity index (χ2v) is 3.72. The fourth-order valence-electron chi connectivity index (χ4n) is 1.89. The number of nitrogens with one attached hydrogen (secondary N) is 1. The molecule has 1 heterocycles. The van der Waals surface area contributed by atoms with Crippen LogP contribution in [-0.4, -0.2) is 19.3 Å². The van der Waals surface area contributed by atoms with E-state index >= 15 is 0 Å². The Labute approximate surface area is 86.4 Å². The van der Waals surface area contributed by atoms with Crippen molar-refractivity contribution in [3.8, 4) is 11.8 Å². The van der Waals surface area contributed by atoms with Gasteiger partial charge in [-0.1, -0.05) is 0 Å². The Hall–Kier alpha value is -0.560. The maximum atomic E-state index is 5.53. The van der Waals surface area contributed by atoms with Crippen LogP contribution in [0.4, 0.5) is 0 Å². The van der Waals surface area contributed by atoms with Crippen molar-refractivity contribution in [2.24, 2.45) is 11.8 Å². The molecule has 0 bridgehead atoms. The summed E-state index contributed by atoms with van der Waals surface area (Å²) in [4.78, 5) is 0. The summed E-state index contributed by atoms with van der Waals surface area (Å²) in [7, 11) is 0. The molecule has 3 heteroatoms. The number of hydrazine groups is 1. The number of hydrogen-bond donors (Lipinski definition) is 2.